The van der Waals surface area contributed by atoms with Crippen LogP contribution >= 0.6 is 23.4 Å². The van der Waals surface area contributed by atoms with Crippen LogP contribution in [0.25, 0.3) is 0 Å². The van der Waals surface area contributed by atoms with Crippen LogP contribution in [0.3, 0.4) is 0 Å². The van der Waals surface area contributed by atoms with Gasteiger partial charge in [-0.1, -0.05) is 24.4 Å². The minimum Gasteiger partial charge on any atom is -0.468 e. The molecule has 2 amide bonds. The van der Waals surface area contributed by atoms with Crippen LogP contribution in [0.4, 0.5) is 10.1 Å². The van der Waals surface area contributed by atoms with Gasteiger partial charge in [-0.15, -0.1) is 18.2 Å². The molecule has 0 aliphatic heterocycles. The van der Waals surface area contributed by atoms with Crippen molar-refractivity contribution in [1.82, 2.24) is 0 Å². The lowest BCUT2D eigenvalue weighted by Crippen LogP contribution is -2.39. The van der Waals surface area contributed by atoms with E-state index in [1.165, 1.54) is 20.1 Å². The van der Waals surface area contributed by atoms with E-state index in [9.17, 15) is 23.6 Å². The summed E-state index contributed by atoms with van der Waals surface area (Å²) in [5.41, 5.74) is -0.105. The number of halogens is 2. The van der Waals surface area contributed by atoms with Crippen LogP contribution in [0.15, 0.2) is 28.2 Å². The summed E-state index contributed by atoms with van der Waals surface area (Å²) in [5, 5.41) is 0.0110. The molecule has 10 heteroatoms. The largest absolute Gasteiger partial charge is 0.468 e. The molecule has 1 aromatic rings. The lowest BCUT2D eigenvalue weighted by atomic mass is 9.90. The predicted molar refractivity (Wildman–Crippen MR) is 122 cm³/mol. The zero-order chi connectivity index (χ0) is 24.5. The number of amides is 2. The number of carbonyl (C=O) groups is 4. The molecule has 0 saturated heterocycles. The number of hydrogen-bond donors (Lipinski definition) is 0. The maximum absolute atomic E-state index is 14.9. The summed E-state index contributed by atoms with van der Waals surface area (Å²) in [5.74, 6) is -1.54. The van der Waals surface area contributed by atoms with Crippen molar-refractivity contribution in [2.75, 3.05) is 24.4 Å². The maximum Gasteiger partial charge on any atom is 0.335 e. The summed E-state index contributed by atoms with van der Waals surface area (Å²) in [7, 11) is 1.23. The van der Waals surface area contributed by atoms with E-state index in [0.717, 1.165) is 17.8 Å². The summed E-state index contributed by atoms with van der Waals surface area (Å²) >= 11 is 7.07. The number of esters is 2. The quantitative estimate of drug-likeness (QED) is 0.305. The maximum atomic E-state index is 14.9. The zero-order valence-electron chi connectivity index (χ0n) is 18.2. The highest BCUT2D eigenvalue weighted by Gasteiger charge is 2.33. The molecule has 2 rings (SSSR count). The average Bonchev–Trinajstić information content (AvgIpc) is 2.82. The van der Waals surface area contributed by atoms with E-state index in [2.05, 4.69) is 10.7 Å². The molecule has 0 bridgehead atoms. The Hall–Kier alpha value is -2.83. The SMILES string of the molecule is C#CCOC(=O)C1=C(C(=O)N(C(=O)CC)c2cc(SCC(=O)OC)c(Cl)cc2F)CCCC1. The number of imide groups is 1. The van der Waals surface area contributed by atoms with Gasteiger partial charge < -0.3 is 9.47 Å². The monoisotopic (exact) mass is 495 g/mol. The van der Waals surface area contributed by atoms with E-state index in [-0.39, 0.29) is 58.4 Å². The van der Waals surface area contributed by atoms with Gasteiger partial charge >= 0.3 is 11.9 Å². The molecule has 33 heavy (non-hydrogen) atoms. The van der Waals surface area contributed by atoms with Crippen LogP contribution in [0.5, 0.6) is 0 Å². The fraction of sp³-hybridized carbons (Fsp3) is 0.391. The Morgan fingerprint density at radius 3 is 2.48 bits per heavy atom. The van der Waals surface area contributed by atoms with Crippen molar-refractivity contribution >= 4 is 52.8 Å². The third-order valence-electron chi connectivity index (χ3n) is 4.83. The van der Waals surface area contributed by atoms with E-state index < -0.39 is 29.6 Å². The minimum absolute atomic E-state index is 0.0110. The Balaban J connectivity index is 2.53. The minimum atomic E-state index is -0.898. The third kappa shape index (κ3) is 6.59. The molecule has 0 N–H and O–H groups in total. The van der Waals surface area contributed by atoms with Gasteiger partial charge in [0.2, 0.25) is 5.91 Å². The normalized spacial score (nSPS) is 13.2. The number of nitrogens with zero attached hydrogens (tertiary/aromatic N) is 1. The standard InChI is InChI=1S/C23H23ClFNO6S/c1-4-10-32-23(30)15-9-7-6-8-14(15)22(29)26(20(27)5-2)18-12-19(16(24)11-17(18)25)33-13-21(28)31-3/h1,11-12H,5-10,13H2,2-3H3. The van der Waals surface area contributed by atoms with Gasteiger partial charge in [0.1, 0.15) is 5.82 Å². The number of terminal acetylenes is 1. The van der Waals surface area contributed by atoms with Crippen molar-refractivity contribution in [3.63, 3.8) is 0 Å². The molecule has 0 spiro atoms. The van der Waals surface area contributed by atoms with Gasteiger partial charge in [-0.25, -0.2) is 14.1 Å². The lowest BCUT2D eigenvalue weighted by molar-refractivity contribution is -0.138. The van der Waals surface area contributed by atoms with E-state index in [1.807, 2.05) is 0 Å². The first kappa shape index (κ1) is 26.4. The van der Waals surface area contributed by atoms with Gasteiger partial charge in [0.05, 0.1) is 23.6 Å². The Bertz CT molecular complexity index is 1030. The van der Waals surface area contributed by atoms with E-state index in [1.54, 1.807) is 0 Å². The highest BCUT2D eigenvalue weighted by molar-refractivity contribution is 8.00. The van der Waals surface area contributed by atoms with E-state index in [4.69, 9.17) is 22.8 Å². The molecule has 0 aromatic heterocycles. The molecule has 0 unspecified atom stereocenters. The summed E-state index contributed by atoms with van der Waals surface area (Å²) in [6.07, 6.45) is 6.82. The van der Waals surface area contributed by atoms with Crippen LogP contribution < -0.4 is 4.90 Å². The van der Waals surface area contributed by atoms with Crippen molar-refractivity contribution in [3.8, 4) is 12.3 Å². The van der Waals surface area contributed by atoms with Crippen molar-refractivity contribution in [3.05, 3.63) is 34.1 Å². The van der Waals surface area contributed by atoms with Crippen LogP contribution in [0, 0.1) is 18.2 Å². The molecular weight excluding hydrogens is 473 g/mol. The lowest BCUT2D eigenvalue weighted by Gasteiger charge is -2.26. The number of anilines is 1. The molecule has 0 radical (unpaired) electrons. The van der Waals surface area contributed by atoms with Crippen molar-refractivity contribution in [2.24, 2.45) is 0 Å². The topological polar surface area (TPSA) is 90.0 Å². The number of rotatable bonds is 8. The number of benzene rings is 1. The van der Waals surface area contributed by atoms with E-state index in [0.29, 0.717) is 17.7 Å². The van der Waals surface area contributed by atoms with Gasteiger partial charge in [0.25, 0.3) is 5.91 Å². The van der Waals surface area contributed by atoms with Crippen LogP contribution in [-0.2, 0) is 28.7 Å². The van der Waals surface area contributed by atoms with E-state index >= 15 is 0 Å². The molecule has 1 aliphatic carbocycles. The second-order valence-electron chi connectivity index (χ2n) is 6.93. The fourth-order valence-electron chi connectivity index (χ4n) is 3.21. The molecule has 0 saturated carbocycles. The van der Waals surface area contributed by atoms with Crippen molar-refractivity contribution in [2.45, 2.75) is 43.9 Å². The van der Waals surface area contributed by atoms with Gasteiger partial charge in [-0.3, -0.25) is 14.4 Å². The summed E-state index contributed by atoms with van der Waals surface area (Å²) in [6.45, 7) is 1.27. The average molecular weight is 496 g/mol. The first-order valence-electron chi connectivity index (χ1n) is 10.1. The second kappa shape index (κ2) is 12.4. The number of thioether (sulfide) groups is 1. The second-order valence-corrected chi connectivity index (χ2v) is 8.36. The highest BCUT2D eigenvalue weighted by atomic mass is 35.5. The Kier molecular flexibility index (Phi) is 9.95. The van der Waals surface area contributed by atoms with Crippen molar-refractivity contribution < 1.29 is 33.0 Å². The number of carbonyl (C=O) groups excluding carboxylic acids is 4. The third-order valence-corrected chi connectivity index (χ3v) is 6.28. The molecule has 7 nitrogen and oxygen atoms in total. The van der Waals surface area contributed by atoms with Crippen LogP contribution in [-0.4, -0.2) is 43.2 Å². The molecule has 1 aliphatic rings. The number of hydrogen-bond acceptors (Lipinski definition) is 7. The van der Waals surface area contributed by atoms with Gasteiger partial charge in [-0.2, -0.15) is 0 Å². The molecule has 176 valence electrons. The summed E-state index contributed by atoms with van der Waals surface area (Å²) in [4.78, 5) is 51.2. The van der Waals surface area contributed by atoms with Crippen LogP contribution in [0.1, 0.15) is 39.0 Å². The first-order chi connectivity index (χ1) is 15.7. The fourth-order valence-corrected chi connectivity index (χ4v) is 4.30. The molecule has 0 atom stereocenters. The predicted octanol–water partition coefficient (Wildman–Crippen LogP) is 4.06. The Morgan fingerprint density at radius 2 is 1.88 bits per heavy atom. The first-order valence-corrected chi connectivity index (χ1v) is 11.5. The molecule has 0 fully saturated rings. The number of ether oxygens (including phenoxy) is 2. The van der Waals surface area contributed by atoms with Gasteiger partial charge in [0, 0.05) is 22.5 Å². The zero-order valence-corrected chi connectivity index (χ0v) is 19.8. The summed E-state index contributed by atoms with van der Waals surface area (Å²) in [6, 6.07) is 2.20. The highest BCUT2D eigenvalue weighted by Crippen LogP contribution is 2.36. The van der Waals surface area contributed by atoms with Gasteiger partial charge in [-0.05, 0) is 37.8 Å². The van der Waals surface area contributed by atoms with Crippen LogP contribution in [0.2, 0.25) is 5.02 Å². The Morgan fingerprint density at radius 1 is 1.21 bits per heavy atom. The Labute approximate surface area is 200 Å². The number of methoxy groups -OCH3 is 1. The molecule has 0 heterocycles. The summed E-state index contributed by atoms with van der Waals surface area (Å²) < 4.78 is 24.5. The van der Waals surface area contributed by atoms with Gasteiger partial charge in [0.15, 0.2) is 6.61 Å². The smallest absolute Gasteiger partial charge is 0.335 e. The van der Waals surface area contributed by atoms with Crippen molar-refractivity contribution in [1.29, 1.82) is 0 Å². The molecular formula is C23H23ClFNO6S. The molecule has 1 aromatic carbocycles.